The van der Waals surface area contributed by atoms with Crippen LogP contribution in [0.2, 0.25) is 0 Å². The van der Waals surface area contributed by atoms with Crippen LogP contribution < -0.4 is 9.47 Å². The third-order valence-electron chi connectivity index (χ3n) is 3.36. The summed E-state index contributed by atoms with van der Waals surface area (Å²) in [6, 6.07) is 14.3. The minimum Gasteiger partial charge on any atom is -0.497 e. The highest BCUT2D eigenvalue weighted by Crippen LogP contribution is 2.16. The molecule has 2 rings (SSSR count). The zero-order valence-corrected chi connectivity index (χ0v) is 13.8. The summed E-state index contributed by atoms with van der Waals surface area (Å²) in [6.45, 7) is 1.83. The van der Waals surface area contributed by atoms with Gasteiger partial charge >= 0.3 is 5.97 Å². The third-order valence-corrected chi connectivity index (χ3v) is 3.36. The molecule has 0 unspecified atom stereocenters. The van der Waals surface area contributed by atoms with Crippen LogP contribution in [0, 0.1) is 0 Å². The van der Waals surface area contributed by atoms with E-state index in [4.69, 9.17) is 14.2 Å². The Kier molecular flexibility index (Phi) is 6.37. The van der Waals surface area contributed by atoms with Gasteiger partial charge in [0, 0.05) is 18.9 Å². The zero-order valence-electron chi connectivity index (χ0n) is 13.8. The van der Waals surface area contributed by atoms with Crippen LogP contribution in [0.1, 0.15) is 22.8 Å². The van der Waals surface area contributed by atoms with Gasteiger partial charge < -0.3 is 14.2 Å². The van der Waals surface area contributed by atoms with Crippen molar-refractivity contribution < 1.29 is 23.8 Å². The monoisotopic (exact) mass is 328 g/mol. The van der Waals surface area contributed by atoms with Gasteiger partial charge in [0.05, 0.1) is 7.11 Å². The number of carbonyl (C=O) groups excluding carboxylic acids is 2. The summed E-state index contributed by atoms with van der Waals surface area (Å²) in [7, 11) is 1.61. The fraction of sp³-hybridized carbons (Fsp3) is 0.263. The molecular formula is C19H20O5. The molecule has 0 saturated carbocycles. The predicted octanol–water partition coefficient (Wildman–Crippen LogP) is 3.06. The van der Waals surface area contributed by atoms with Crippen molar-refractivity contribution in [3.8, 4) is 11.5 Å². The molecule has 0 fully saturated rings. The molecule has 0 saturated heterocycles. The number of hydrogen-bond donors (Lipinski definition) is 0. The number of Topliss-reactive ketones (excluding diaryl/α,β-unsaturated/α-hetero) is 1. The number of ketones is 1. The van der Waals surface area contributed by atoms with Gasteiger partial charge in [0.1, 0.15) is 24.7 Å². The first-order chi connectivity index (χ1) is 11.6. The van der Waals surface area contributed by atoms with Crippen LogP contribution in [-0.4, -0.2) is 32.1 Å². The summed E-state index contributed by atoms with van der Waals surface area (Å²) in [6.07, 6.45) is 0.330. The van der Waals surface area contributed by atoms with Crippen molar-refractivity contribution >= 4 is 11.8 Å². The fourth-order valence-electron chi connectivity index (χ4n) is 2.11. The van der Waals surface area contributed by atoms with Crippen LogP contribution >= 0.6 is 0 Å². The van der Waals surface area contributed by atoms with E-state index in [1.165, 1.54) is 6.92 Å². The average Bonchev–Trinajstić information content (AvgIpc) is 2.59. The minimum absolute atomic E-state index is 0.0339. The standard InChI is InChI=1S/C19H20O5/c1-14(20)23-11-12-24-18-9-5-16(6-10-18)19(21)13-15-3-7-17(22-2)8-4-15/h3-10H,11-13H2,1-2H3. The van der Waals surface area contributed by atoms with Gasteiger partial charge in [0.2, 0.25) is 0 Å². The van der Waals surface area contributed by atoms with Gasteiger partial charge in [-0.3, -0.25) is 9.59 Å². The van der Waals surface area contributed by atoms with Crippen molar-refractivity contribution in [3.05, 3.63) is 59.7 Å². The Morgan fingerprint density at radius 1 is 0.875 bits per heavy atom. The molecule has 0 heterocycles. The molecule has 126 valence electrons. The van der Waals surface area contributed by atoms with Gasteiger partial charge in [0.15, 0.2) is 5.78 Å². The molecule has 0 aromatic heterocycles. The van der Waals surface area contributed by atoms with Crippen LogP contribution in [0.25, 0.3) is 0 Å². The van der Waals surface area contributed by atoms with E-state index in [1.54, 1.807) is 31.4 Å². The molecule has 0 radical (unpaired) electrons. The molecule has 0 atom stereocenters. The topological polar surface area (TPSA) is 61.8 Å². The van der Waals surface area contributed by atoms with Crippen molar-refractivity contribution in [2.24, 2.45) is 0 Å². The number of hydrogen-bond acceptors (Lipinski definition) is 5. The van der Waals surface area contributed by atoms with Gasteiger partial charge in [-0.05, 0) is 42.0 Å². The van der Waals surface area contributed by atoms with Crippen molar-refractivity contribution in [1.29, 1.82) is 0 Å². The molecule has 5 nitrogen and oxygen atoms in total. The van der Waals surface area contributed by atoms with Gasteiger partial charge in [-0.1, -0.05) is 12.1 Å². The molecule has 5 heteroatoms. The van der Waals surface area contributed by atoms with Crippen molar-refractivity contribution in [2.45, 2.75) is 13.3 Å². The first-order valence-electron chi connectivity index (χ1n) is 7.61. The SMILES string of the molecule is COc1ccc(CC(=O)c2ccc(OCCOC(C)=O)cc2)cc1. The largest absolute Gasteiger partial charge is 0.497 e. The summed E-state index contributed by atoms with van der Waals surface area (Å²) in [5, 5.41) is 0. The van der Waals surface area contributed by atoms with E-state index in [9.17, 15) is 9.59 Å². The summed E-state index contributed by atoms with van der Waals surface area (Å²) in [5.74, 6) is 1.09. The molecule has 0 aliphatic carbocycles. The van der Waals surface area contributed by atoms with Crippen LogP contribution in [0.5, 0.6) is 11.5 Å². The van der Waals surface area contributed by atoms with Gasteiger partial charge in [-0.25, -0.2) is 0 Å². The van der Waals surface area contributed by atoms with E-state index in [1.807, 2.05) is 24.3 Å². The summed E-state index contributed by atoms with van der Waals surface area (Å²) >= 11 is 0. The van der Waals surface area contributed by atoms with Gasteiger partial charge in [0.25, 0.3) is 0 Å². The van der Waals surface area contributed by atoms with Crippen molar-refractivity contribution in [2.75, 3.05) is 20.3 Å². The molecule has 0 N–H and O–H groups in total. The van der Waals surface area contributed by atoms with Gasteiger partial charge in [-0.2, -0.15) is 0 Å². The Morgan fingerprint density at radius 2 is 1.50 bits per heavy atom. The van der Waals surface area contributed by atoms with E-state index < -0.39 is 0 Å². The third kappa shape index (κ3) is 5.43. The highest BCUT2D eigenvalue weighted by Gasteiger charge is 2.08. The Labute approximate surface area is 141 Å². The highest BCUT2D eigenvalue weighted by molar-refractivity contribution is 5.97. The number of rotatable bonds is 8. The van der Waals surface area contributed by atoms with Crippen molar-refractivity contribution in [1.82, 2.24) is 0 Å². The summed E-state index contributed by atoms with van der Waals surface area (Å²) < 4.78 is 15.3. The molecule has 0 amide bonds. The highest BCUT2D eigenvalue weighted by atomic mass is 16.6. The lowest BCUT2D eigenvalue weighted by Crippen LogP contribution is -2.09. The molecule has 0 bridgehead atoms. The maximum absolute atomic E-state index is 12.3. The minimum atomic E-state index is -0.335. The molecule has 0 spiro atoms. The van der Waals surface area contributed by atoms with E-state index in [-0.39, 0.29) is 25.0 Å². The Bertz CT molecular complexity index is 674. The second kappa shape index (κ2) is 8.72. The smallest absolute Gasteiger partial charge is 0.302 e. The maximum atomic E-state index is 12.3. The Morgan fingerprint density at radius 3 is 2.08 bits per heavy atom. The molecule has 2 aromatic carbocycles. The lowest BCUT2D eigenvalue weighted by molar-refractivity contribution is -0.141. The quantitative estimate of drug-likeness (QED) is 0.423. The summed E-state index contributed by atoms with van der Waals surface area (Å²) in [5.41, 5.74) is 1.56. The number of benzene rings is 2. The number of carbonyl (C=O) groups is 2. The average molecular weight is 328 g/mol. The lowest BCUT2D eigenvalue weighted by Gasteiger charge is -2.07. The second-order valence-electron chi connectivity index (χ2n) is 5.16. The van der Waals surface area contributed by atoms with Crippen LogP contribution in [-0.2, 0) is 16.0 Å². The zero-order chi connectivity index (χ0) is 17.4. The fourth-order valence-corrected chi connectivity index (χ4v) is 2.11. The number of ether oxygens (including phenoxy) is 3. The van der Waals surface area contributed by atoms with E-state index >= 15 is 0 Å². The van der Waals surface area contributed by atoms with E-state index in [0.717, 1.165) is 11.3 Å². The first kappa shape index (κ1) is 17.5. The maximum Gasteiger partial charge on any atom is 0.302 e. The van der Waals surface area contributed by atoms with Gasteiger partial charge in [-0.15, -0.1) is 0 Å². The number of methoxy groups -OCH3 is 1. The Hall–Kier alpha value is -2.82. The van der Waals surface area contributed by atoms with Crippen LogP contribution in [0.15, 0.2) is 48.5 Å². The molecule has 24 heavy (non-hydrogen) atoms. The molecule has 0 aliphatic heterocycles. The van der Waals surface area contributed by atoms with Crippen LogP contribution in [0.3, 0.4) is 0 Å². The number of esters is 1. The normalized spacial score (nSPS) is 10.1. The first-order valence-corrected chi connectivity index (χ1v) is 7.61. The predicted molar refractivity (Wildman–Crippen MR) is 89.6 cm³/mol. The van der Waals surface area contributed by atoms with E-state index in [0.29, 0.717) is 17.7 Å². The van der Waals surface area contributed by atoms with E-state index in [2.05, 4.69) is 0 Å². The second-order valence-corrected chi connectivity index (χ2v) is 5.16. The summed E-state index contributed by atoms with van der Waals surface area (Å²) in [4.78, 5) is 22.9. The molecule has 2 aromatic rings. The molecule has 0 aliphatic rings. The van der Waals surface area contributed by atoms with Crippen LogP contribution in [0.4, 0.5) is 0 Å². The molecular weight excluding hydrogens is 308 g/mol. The van der Waals surface area contributed by atoms with Crippen molar-refractivity contribution in [3.63, 3.8) is 0 Å². The Balaban J connectivity index is 1.87. The lowest BCUT2D eigenvalue weighted by atomic mass is 10.0.